The number of hydrogen-bond donors (Lipinski definition) is 1. The van der Waals surface area contributed by atoms with E-state index in [1.54, 1.807) is 0 Å². The Kier molecular flexibility index (Phi) is 2.49. The number of aromatic nitrogens is 2. The molecular weight excluding hydrogens is 156 g/mol. The fourth-order valence-corrected chi connectivity index (χ4v) is 1.35. The summed E-state index contributed by atoms with van der Waals surface area (Å²) >= 11 is 5.10. The van der Waals surface area contributed by atoms with Gasteiger partial charge in [0.2, 0.25) is 0 Å². The summed E-state index contributed by atoms with van der Waals surface area (Å²) in [4.78, 5) is 3.02. The highest BCUT2D eigenvalue weighted by molar-refractivity contribution is 7.71. The molecule has 1 rings (SSSR count). The maximum atomic E-state index is 5.10. The van der Waals surface area contributed by atoms with Crippen LogP contribution in [0.15, 0.2) is 6.20 Å². The molecule has 3 heteroatoms. The smallest absolute Gasteiger partial charge is 0.177 e. The monoisotopic (exact) mass is 170 g/mol. The van der Waals surface area contributed by atoms with Gasteiger partial charge in [0.05, 0.1) is 0 Å². The SMILES string of the molecule is Cc1c[nH]c(=S)n1CC(C)C. The average Bonchev–Trinajstić information content (AvgIpc) is 2.18. The lowest BCUT2D eigenvalue weighted by atomic mass is 10.2. The van der Waals surface area contributed by atoms with Gasteiger partial charge >= 0.3 is 0 Å². The van der Waals surface area contributed by atoms with Gasteiger partial charge in [0.1, 0.15) is 0 Å². The van der Waals surface area contributed by atoms with Crippen LogP contribution in [0.1, 0.15) is 19.5 Å². The molecule has 2 nitrogen and oxygen atoms in total. The molecule has 0 spiro atoms. The third kappa shape index (κ3) is 1.93. The number of imidazole rings is 1. The number of nitrogens with one attached hydrogen (secondary N) is 1. The Morgan fingerprint density at radius 2 is 2.27 bits per heavy atom. The van der Waals surface area contributed by atoms with Crippen LogP contribution in [0, 0.1) is 17.6 Å². The summed E-state index contributed by atoms with van der Waals surface area (Å²) < 4.78 is 2.95. The topological polar surface area (TPSA) is 20.7 Å². The van der Waals surface area contributed by atoms with Gasteiger partial charge in [-0.2, -0.15) is 0 Å². The van der Waals surface area contributed by atoms with Crippen molar-refractivity contribution in [3.8, 4) is 0 Å². The Morgan fingerprint density at radius 3 is 2.64 bits per heavy atom. The second-order valence-corrected chi connectivity index (χ2v) is 3.63. The van der Waals surface area contributed by atoms with Crippen molar-refractivity contribution in [1.29, 1.82) is 0 Å². The molecule has 0 aliphatic heterocycles. The Labute approximate surface area is 72.3 Å². The molecule has 0 saturated carbocycles. The molecule has 0 saturated heterocycles. The maximum Gasteiger partial charge on any atom is 0.177 e. The van der Waals surface area contributed by atoms with Crippen molar-refractivity contribution < 1.29 is 0 Å². The zero-order chi connectivity index (χ0) is 8.43. The van der Waals surface area contributed by atoms with Gasteiger partial charge in [-0.3, -0.25) is 0 Å². The van der Waals surface area contributed by atoms with Crippen LogP contribution in [0.4, 0.5) is 0 Å². The molecule has 1 heterocycles. The van der Waals surface area contributed by atoms with Crippen LogP contribution in [0.25, 0.3) is 0 Å². The van der Waals surface area contributed by atoms with Crippen molar-refractivity contribution >= 4 is 12.2 Å². The first kappa shape index (κ1) is 8.53. The largest absolute Gasteiger partial charge is 0.337 e. The first-order chi connectivity index (χ1) is 5.11. The second kappa shape index (κ2) is 3.22. The summed E-state index contributed by atoms with van der Waals surface area (Å²) in [5, 5.41) is 0. The summed E-state index contributed by atoms with van der Waals surface area (Å²) in [5.41, 5.74) is 1.21. The molecule has 11 heavy (non-hydrogen) atoms. The molecule has 0 aromatic carbocycles. The van der Waals surface area contributed by atoms with E-state index in [1.165, 1.54) is 5.69 Å². The van der Waals surface area contributed by atoms with E-state index < -0.39 is 0 Å². The standard InChI is InChI=1S/C8H14N2S/c1-6(2)5-10-7(3)4-9-8(10)11/h4,6H,5H2,1-3H3,(H,9,11). The summed E-state index contributed by atoms with van der Waals surface area (Å²) in [5.74, 6) is 0.649. The lowest BCUT2D eigenvalue weighted by Gasteiger charge is -2.07. The van der Waals surface area contributed by atoms with Crippen molar-refractivity contribution in [2.75, 3.05) is 0 Å². The van der Waals surface area contributed by atoms with Crippen molar-refractivity contribution in [1.82, 2.24) is 9.55 Å². The Balaban J connectivity index is 2.92. The van der Waals surface area contributed by atoms with Gasteiger partial charge < -0.3 is 9.55 Å². The van der Waals surface area contributed by atoms with E-state index in [2.05, 4.69) is 30.3 Å². The molecule has 1 aromatic heterocycles. The lowest BCUT2D eigenvalue weighted by Crippen LogP contribution is -2.05. The molecule has 1 aromatic rings. The highest BCUT2D eigenvalue weighted by Gasteiger charge is 2.00. The van der Waals surface area contributed by atoms with E-state index in [0.29, 0.717) is 5.92 Å². The number of rotatable bonds is 2. The van der Waals surface area contributed by atoms with E-state index in [1.807, 2.05) is 6.20 Å². The predicted molar refractivity (Wildman–Crippen MR) is 49.2 cm³/mol. The van der Waals surface area contributed by atoms with E-state index in [9.17, 15) is 0 Å². The third-order valence-corrected chi connectivity index (χ3v) is 1.96. The van der Waals surface area contributed by atoms with Gasteiger partial charge in [0.15, 0.2) is 4.77 Å². The van der Waals surface area contributed by atoms with Crippen LogP contribution in [0.2, 0.25) is 0 Å². The Morgan fingerprint density at radius 1 is 1.64 bits per heavy atom. The Bertz CT molecular complexity index is 283. The number of hydrogen-bond acceptors (Lipinski definition) is 1. The van der Waals surface area contributed by atoms with E-state index in [-0.39, 0.29) is 0 Å². The molecule has 0 amide bonds. The van der Waals surface area contributed by atoms with Crippen molar-refractivity contribution in [2.24, 2.45) is 5.92 Å². The lowest BCUT2D eigenvalue weighted by molar-refractivity contribution is 0.511. The van der Waals surface area contributed by atoms with Gasteiger partial charge in [0, 0.05) is 18.4 Å². The number of H-pyrrole nitrogens is 1. The Hall–Kier alpha value is -0.570. The van der Waals surface area contributed by atoms with Crippen molar-refractivity contribution in [2.45, 2.75) is 27.3 Å². The molecule has 0 radical (unpaired) electrons. The quantitative estimate of drug-likeness (QED) is 0.676. The first-order valence-electron chi connectivity index (χ1n) is 3.86. The minimum Gasteiger partial charge on any atom is -0.337 e. The molecule has 0 bridgehead atoms. The molecular formula is C8H14N2S. The van der Waals surface area contributed by atoms with Crippen molar-refractivity contribution in [3.05, 3.63) is 16.7 Å². The zero-order valence-electron chi connectivity index (χ0n) is 7.22. The zero-order valence-corrected chi connectivity index (χ0v) is 8.03. The van der Waals surface area contributed by atoms with Crippen LogP contribution in [0.3, 0.4) is 0 Å². The van der Waals surface area contributed by atoms with E-state index in [0.717, 1.165) is 11.3 Å². The van der Waals surface area contributed by atoms with Crippen LogP contribution >= 0.6 is 12.2 Å². The minimum absolute atomic E-state index is 0.649. The van der Waals surface area contributed by atoms with Crippen LogP contribution in [-0.2, 0) is 6.54 Å². The third-order valence-electron chi connectivity index (χ3n) is 1.62. The summed E-state index contributed by atoms with van der Waals surface area (Å²) in [7, 11) is 0. The fraction of sp³-hybridized carbons (Fsp3) is 0.625. The van der Waals surface area contributed by atoms with Crippen LogP contribution < -0.4 is 0 Å². The van der Waals surface area contributed by atoms with Gasteiger partial charge in [-0.15, -0.1) is 0 Å². The van der Waals surface area contributed by atoms with Crippen LogP contribution in [0.5, 0.6) is 0 Å². The number of aryl methyl sites for hydroxylation is 1. The molecule has 1 N–H and O–H groups in total. The molecule has 0 fully saturated rings. The first-order valence-corrected chi connectivity index (χ1v) is 4.27. The van der Waals surface area contributed by atoms with Gasteiger partial charge in [0.25, 0.3) is 0 Å². The molecule has 0 aliphatic carbocycles. The highest BCUT2D eigenvalue weighted by Crippen LogP contribution is 2.04. The number of aromatic amines is 1. The minimum atomic E-state index is 0.649. The molecule has 0 aliphatic rings. The van der Waals surface area contributed by atoms with Crippen LogP contribution in [-0.4, -0.2) is 9.55 Å². The maximum absolute atomic E-state index is 5.10. The summed E-state index contributed by atoms with van der Waals surface area (Å²) in [6.45, 7) is 7.45. The van der Waals surface area contributed by atoms with E-state index in [4.69, 9.17) is 12.2 Å². The van der Waals surface area contributed by atoms with Crippen molar-refractivity contribution in [3.63, 3.8) is 0 Å². The second-order valence-electron chi connectivity index (χ2n) is 3.24. The van der Waals surface area contributed by atoms with Gasteiger partial charge in [-0.1, -0.05) is 13.8 Å². The molecule has 0 unspecified atom stereocenters. The van der Waals surface area contributed by atoms with Gasteiger partial charge in [-0.05, 0) is 25.1 Å². The summed E-state index contributed by atoms with van der Waals surface area (Å²) in [6, 6.07) is 0. The fourth-order valence-electron chi connectivity index (χ4n) is 1.07. The predicted octanol–water partition coefficient (Wildman–Crippen LogP) is 2.51. The van der Waals surface area contributed by atoms with Gasteiger partial charge in [-0.25, -0.2) is 0 Å². The highest BCUT2D eigenvalue weighted by atomic mass is 32.1. The average molecular weight is 170 g/mol. The molecule has 62 valence electrons. The normalized spacial score (nSPS) is 10.9. The molecule has 0 atom stereocenters. The summed E-state index contributed by atoms with van der Waals surface area (Å²) in [6.07, 6.45) is 1.95. The van der Waals surface area contributed by atoms with E-state index >= 15 is 0 Å². The number of nitrogens with zero attached hydrogens (tertiary/aromatic N) is 1.